The molecule has 4 aromatic rings. The van der Waals surface area contributed by atoms with E-state index in [1.807, 2.05) is 37.5 Å². The van der Waals surface area contributed by atoms with Crippen LogP contribution in [0.2, 0.25) is 0 Å². The Morgan fingerprint density at radius 1 is 1.11 bits per heavy atom. The van der Waals surface area contributed by atoms with Gasteiger partial charge in [0, 0.05) is 54.8 Å². The van der Waals surface area contributed by atoms with E-state index < -0.39 is 0 Å². The highest BCUT2D eigenvalue weighted by Crippen LogP contribution is 2.23. The minimum atomic E-state index is -0.0814. The van der Waals surface area contributed by atoms with Crippen LogP contribution in [0.15, 0.2) is 61.4 Å². The van der Waals surface area contributed by atoms with Crippen LogP contribution in [-0.2, 0) is 18.3 Å². The summed E-state index contributed by atoms with van der Waals surface area (Å²) < 4.78 is 1.75. The lowest BCUT2D eigenvalue weighted by Crippen LogP contribution is -2.13. The average Bonchev–Trinajstić information content (AvgIpc) is 3.13. The zero-order valence-corrected chi connectivity index (χ0v) is 14.8. The zero-order chi connectivity index (χ0) is 18.6. The van der Waals surface area contributed by atoms with E-state index in [1.54, 1.807) is 35.7 Å². The minimum Gasteiger partial charge on any atom is -0.311 e. The lowest BCUT2D eigenvalue weighted by atomic mass is 10.1. The number of nitrogens with one attached hydrogen (secondary N) is 1. The van der Waals surface area contributed by atoms with Gasteiger partial charge in [-0.25, -0.2) is 4.98 Å². The predicted molar refractivity (Wildman–Crippen MR) is 103 cm³/mol. The van der Waals surface area contributed by atoms with Gasteiger partial charge in [-0.3, -0.25) is 19.4 Å². The van der Waals surface area contributed by atoms with Crippen LogP contribution in [0.3, 0.4) is 0 Å². The predicted octanol–water partition coefficient (Wildman–Crippen LogP) is 3.00. The molecule has 0 aliphatic heterocycles. The Labute approximate surface area is 156 Å². The van der Waals surface area contributed by atoms with Crippen molar-refractivity contribution in [2.24, 2.45) is 7.05 Å². The molecule has 0 aromatic carbocycles. The molecule has 7 nitrogen and oxygen atoms in total. The molecule has 7 heteroatoms. The number of aromatic nitrogens is 5. The van der Waals surface area contributed by atoms with E-state index in [1.165, 1.54) is 0 Å². The van der Waals surface area contributed by atoms with Gasteiger partial charge in [0.2, 0.25) is 5.91 Å². The van der Waals surface area contributed by atoms with Crippen molar-refractivity contribution >= 4 is 22.6 Å². The number of hydrogen-bond acceptors (Lipinski definition) is 5. The van der Waals surface area contributed by atoms with Crippen LogP contribution in [0.4, 0.5) is 5.82 Å². The molecule has 1 amide bonds. The summed E-state index contributed by atoms with van der Waals surface area (Å²) in [6.07, 6.45) is 11.7. The average molecular weight is 358 g/mol. The van der Waals surface area contributed by atoms with Gasteiger partial charge >= 0.3 is 0 Å². The molecule has 0 saturated heterocycles. The summed E-state index contributed by atoms with van der Waals surface area (Å²) in [6.45, 7) is 0. The van der Waals surface area contributed by atoms with E-state index in [-0.39, 0.29) is 5.91 Å². The van der Waals surface area contributed by atoms with E-state index in [2.05, 4.69) is 25.4 Å². The van der Waals surface area contributed by atoms with Gasteiger partial charge in [-0.1, -0.05) is 6.07 Å². The van der Waals surface area contributed by atoms with Gasteiger partial charge in [0.25, 0.3) is 0 Å². The Bertz CT molecular complexity index is 1090. The number of carbonyl (C=O) groups is 1. The molecule has 134 valence electrons. The highest BCUT2D eigenvalue weighted by molar-refractivity contribution is 5.92. The monoisotopic (exact) mass is 358 g/mol. The summed E-state index contributed by atoms with van der Waals surface area (Å²) in [5.74, 6) is 0.436. The van der Waals surface area contributed by atoms with Gasteiger partial charge < -0.3 is 5.32 Å². The molecule has 0 atom stereocenters. The first kappa shape index (κ1) is 16.8. The van der Waals surface area contributed by atoms with Gasteiger partial charge in [-0.2, -0.15) is 5.10 Å². The van der Waals surface area contributed by atoms with Crippen LogP contribution >= 0.6 is 0 Å². The molecule has 0 fully saturated rings. The molecule has 0 radical (unpaired) electrons. The van der Waals surface area contributed by atoms with E-state index in [0.717, 1.165) is 27.6 Å². The largest absolute Gasteiger partial charge is 0.311 e. The van der Waals surface area contributed by atoms with Crippen LogP contribution < -0.4 is 5.32 Å². The summed E-state index contributed by atoms with van der Waals surface area (Å²) in [7, 11) is 1.88. The normalized spacial score (nSPS) is 10.9. The second kappa shape index (κ2) is 7.33. The van der Waals surface area contributed by atoms with Gasteiger partial charge in [0.05, 0.1) is 17.9 Å². The third-order valence-corrected chi connectivity index (χ3v) is 4.24. The Balaban J connectivity index is 1.49. The van der Waals surface area contributed by atoms with E-state index in [4.69, 9.17) is 0 Å². The summed E-state index contributed by atoms with van der Waals surface area (Å²) in [5, 5.41) is 7.95. The number of hydrogen-bond donors (Lipinski definition) is 1. The molecule has 0 aliphatic rings. The smallest absolute Gasteiger partial charge is 0.225 e. The highest BCUT2D eigenvalue weighted by Gasteiger charge is 2.07. The van der Waals surface area contributed by atoms with Crippen LogP contribution in [0.1, 0.15) is 12.0 Å². The minimum absolute atomic E-state index is 0.0814. The fraction of sp³-hybridized carbons (Fsp3) is 0.150. The van der Waals surface area contributed by atoms with Crippen molar-refractivity contribution < 1.29 is 4.79 Å². The fourth-order valence-corrected chi connectivity index (χ4v) is 2.84. The van der Waals surface area contributed by atoms with Crippen LogP contribution in [0.5, 0.6) is 0 Å². The molecule has 4 rings (SSSR count). The number of amides is 1. The first-order valence-electron chi connectivity index (χ1n) is 8.61. The van der Waals surface area contributed by atoms with E-state index in [9.17, 15) is 4.79 Å². The van der Waals surface area contributed by atoms with Crippen molar-refractivity contribution in [3.8, 4) is 11.1 Å². The van der Waals surface area contributed by atoms with Gasteiger partial charge in [-0.05, 0) is 30.2 Å². The maximum Gasteiger partial charge on any atom is 0.225 e. The number of nitrogens with zero attached hydrogens (tertiary/aromatic N) is 5. The summed E-state index contributed by atoms with van der Waals surface area (Å²) in [5.41, 5.74) is 3.77. The summed E-state index contributed by atoms with van der Waals surface area (Å²) >= 11 is 0. The molecule has 0 bridgehead atoms. The number of anilines is 1. The topological polar surface area (TPSA) is 85.6 Å². The Morgan fingerprint density at radius 3 is 2.81 bits per heavy atom. The van der Waals surface area contributed by atoms with Crippen molar-refractivity contribution in [2.75, 3.05) is 5.32 Å². The Hall–Kier alpha value is -3.61. The van der Waals surface area contributed by atoms with Crippen LogP contribution in [0, 0.1) is 0 Å². The first-order chi connectivity index (χ1) is 13.2. The lowest BCUT2D eigenvalue weighted by molar-refractivity contribution is -0.116. The third-order valence-electron chi connectivity index (χ3n) is 4.24. The Morgan fingerprint density at radius 2 is 2.04 bits per heavy atom. The van der Waals surface area contributed by atoms with Crippen molar-refractivity contribution in [1.82, 2.24) is 24.7 Å². The fourth-order valence-electron chi connectivity index (χ4n) is 2.84. The molecule has 27 heavy (non-hydrogen) atoms. The second-order valence-electron chi connectivity index (χ2n) is 6.30. The molecule has 4 aromatic heterocycles. The molecule has 1 N–H and O–H groups in total. The van der Waals surface area contributed by atoms with Crippen molar-refractivity contribution in [3.63, 3.8) is 0 Å². The van der Waals surface area contributed by atoms with Gasteiger partial charge in [0.15, 0.2) is 0 Å². The highest BCUT2D eigenvalue weighted by atomic mass is 16.1. The first-order valence-corrected chi connectivity index (χ1v) is 8.61. The van der Waals surface area contributed by atoms with Gasteiger partial charge in [0.1, 0.15) is 5.82 Å². The molecule has 0 spiro atoms. The van der Waals surface area contributed by atoms with Crippen molar-refractivity contribution in [2.45, 2.75) is 12.8 Å². The lowest BCUT2D eigenvalue weighted by Gasteiger charge is -2.06. The van der Waals surface area contributed by atoms with E-state index >= 15 is 0 Å². The molecular formula is C20H18N6O. The van der Waals surface area contributed by atoms with Crippen molar-refractivity contribution in [3.05, 3.63) is 67.0 Å². The van der Waals surface area contributed by atoms with E-state index in [0.29, 0.717) is 18.7 Å². The SMILES string of the molecule is Cn1cc(-c2cnc3cnc(NC(=O)CCc4cccnc4)cc3c2)cn1. The second-order valence-corrected chi connectivity index (χ2v) is 6.30. The summed E-state index contributed by atoms with van der Waals surface area (Å²) in [6, 6.07) is 7.68. The number of rotatable bonds is 5. The number of pyridine rings is 3. The quantitative estimate of drug-likeness (QED) is 0.593. The molecular weight excluding hydrogens is 340 g/mol. The molecule has 0 saturated carbocycles. The Kier molecular flexibility index (Phi) is 4.57. The maximum atomic E-state index is 12.2. The standard InChI is InChI=1S/C20H18N6O/c1-26-13-17(11-24-26)16-7-15-8-19(23-12-18(15)22-10-16)25-20(27)5-4-14-3-2-6-21-9-14/h2-3,6-13H,4-5H2,1H3,(H,23,25,27). The number of fused-ring (bicyclic) bond motifs is 1. The van der Waals surface area contributed by atoms with Crippen LogP contribution in [-0.4, -0.2) is 30.6 Å². The zero-order valence-electron chi connectivity index (χ0n) is 14.8. The van der Waals surface area contributed by atoms with Crippen molar-refractivity contribution in [1.29, 1.82) is 0 Å². The van der Waals surface area contributed by atoms with Gasteiger partial charge in [-0.15, -0.1) is 0 Å². The molecule has 0 aliphatic carbocycles. The maximum absolute atomic E-state index is 12.2. The molecule has 4 heterocycles. The number of aryl methyl sites for hydroxylation is 2. The number of carbonyl (C=O) groups excluding carboxylic acids is 1. The third kappa shape index (κ3) is 3.98. The molecule has 0 unspecified atom stereocenters. The van der Waals surface area contributed by atoms with Crippen LogP contribution in [0.25, 0.3) is 22.0 Å². The summed E-state index contributed by atoms with van der Waals surface area (Å²) in [4.78, 5) is 25.0.